The molecule has 0 radical (unpaired) electrons. The van der Waals surface area contributed by atoms with E-state index in [1.165, 1.54) is 4.40 Å². The Morgan fingerprint density at radius 3 is 3.16 bits per heavy atom. The van der Waals surface area contributed by atoms with Crippen LogP contribution in [-0.4, -0.2) is 45.9 Å². The summed E-state index contributed by atoms with van der Waals surface area (Å²) in [6.07, 6.45) is 0.771. The molecular formula is C11H18N6O2. The van der Waals surface area contributed by atoms with E-state index < -0.39 is 0 Å². The van der Waals surface area contributed by atoms with Crippen LogP contribution in [0.15, 0.2) is 10.9 Å². The minimum Gasteiger partial charge on any atom is -0.383 e. The van der Waals surface area contributed by atoms with Gasteiger partial charge in [0.1, 0.15) is 11.6 Å². The van der Waals surface area contributed by atoms with Crippen molar-refractivity contribution < 1.29 is 4.74 Å². The van der Waals surface area contributed by atoms with E-state index in [2.05, 4.69) is 20.5 Å². The average Bonchev–Trinajstić information content (AvgIpc) is 2.72. The van der Waals surface area contributed by atoms with Crippen LogP contribution in [0, 0.1) is 6.92 Å². The highest BCUT2D eigenvalue weighted by atomic mass is 16.5. The SMILES string of the molecule is COCC(N)CCNc1cc2n[nH]c(=O)n2c(C)n1. The van der Waals surface area contributed by atoms with Gasteiger partial charge in [-0.3, -0.25) is 0 Å². The molecule has 1 atom stereocenters. The van der Waals surface area contributed by atoms with E-state index in [-0.39, 0.29) is 11.7 Å². The van der Waals surface area contributed by atoms with Crippen molar-refractivity contribution in [2.24, 2.45) is 5.73 Å². The molecule has 8 nitrogen and oxygen atoms in total. The summed E-state index contributed by atoms with van der Waals surface area (Å²) in [7, 11) is 1.63. The molecule has 0 aliphatic carbocycles. The summed E-state index contributed by atoms with van der Waals surface area (Å²) in [5.41, 5.74) is 6.08. The third-order valence-corrected chi connectivity index (χ3v) is 2.77. The largest absolute Gasteiger partial charge is 0.383 e. The van der Waals surface area contributed by atoms with Crippen LogP contribution in [0.2, 0.25) is 0 Å². The van der Waals surface area contributed by atoms with Gasteiger partial charge in [-0.15, -0.1) is 0 Å². The summed E-state index contributed by atoms with van der Waals surface area (Å²) in [5.74, 6) is 1.26. The molecule has 2 aromatic rings. The Kier molecular flexibility index (Phi) is 4.13. The van der Waals surface area contributed by atoms with E-state index >= 15 is 0 Å². The second-order valence-corrected chi connectivity index (χ2v) is 4.34. The molecule has 0 fully saturated rings. The molecule has 0 amide bonds. The van der Waals surface area contributed by atoms with Gasteiger partial charge in [-0.2, -0.15) is 5.10 Å². The van der Waals surface area contributed by atoms with Gasteiger partial charge in [0.25, 0.3) is 0 Å². The highest BCUT2D eigenvalue weighted by Gasteiger charge is 2.07. The number of hydrogen-bond donors (Lipinski definition) is 3. The summed E-state index contributed by atoms with van der Waals surface area (Å²) in [5, 5.41) is 9.46. The van der Waals surface area contributed by atoms with Crippen LogP contribution in [0.5, 0.6) is 0 Å². The minimum atomic E-state index is -0.284. The van der Waals surface area contributed by atoms with Crippen molar-refractivity contribution in [3.63, 3.8) is 0 Å². The summed E-state index contributed by atoms with van der Waals surface area (Å²) < 4.78 is 6.38. The maximum Gasteiger partial charge on any atom is 0.349 e. The third kappa shape index (κ3) is 3.09. The fourth-order valence-electron chi connectivity index (χ4n) is 1.87. The van der Waals surface area contributed by atoms with Crippen LogP contribution in [0.25, 0.3) is 5.65 Å². The number of H-pyrrole nitrogens is 1. The van der Waals surface area contributed by atoms with Crippen molar-refractivity contribution >= 4 is 11.5 Å². The van der Waals surface area contributed by atoms with Gasteiger partial charge in [0.15, 0.2) is 5.65 Å². The predicted molar refractivity (Wildman–Crippen MR) is 71.3 cm³/mol. The van der Waals surface area contributed by atoms with Gasteiger partial charge >= 0.3 is 5.69 Å². The van der Waals surface area contributed by atoms with Crippen molar-refractivity contribution in [2.75, 3.05) is 25.6 Å². The number of methoxy groups -OCH3 is 1. The zero-order chi connectivity index (χ0) is 13.8. The molecule has 0 aliphatic heterocycles. The summed E-state index contributed by atoms with van der Waals surface area (Å²) in [6.45, 7) is 2.97. The highest BCUT2D eigenvalue weighted by Crippen LogP contribution is 2.07. The molecule has 8 heteroatoms. The lowest BCUT2D eigenvalue weighted by Gasteiger charge is -2.11. The van der Waals surface area contributed by atoms with Gasteiger partial charge < -0.3 is 15.8 Å². The molecule has 4 N–H and O–H groups in total. The van der Waals surface area contributed by atoms with Gasteiger partial charge in [0.2, 0.25) is 0 Å². The second-order valence-electron chi connectivity index (χ2n) is 4.34. The molecule has 1 unspecified atom stereocenters. The van der Waals surface area contributed by atoms with Crippen LogP contribution in [-0.2, 0) is 4.74 Å². The number of aromatic amines is 1. The van der Waals surface area contributed by atoms with E-state index in [0.29, 0.717) is 30.4 Å². The number of nitrogens with zero attached hydrogens (tertiary/aromatic N) is 3. The van der Waals surface area contributed by atoms with Gasteiger partial charge in [-0.25, -0.2) is 19.3 Å². The maximum atomic E-state index is 11.4. The Bertz CT molecular complexity index is 605. The lowest BCUT2D eigenvalue weighted by Crippen LogP contribution is -2.28. The first-order valence-electron chi connectivity index (χ1n) is 6.05. The van der Waals surface area contributed by atoms with Gasteiger partial charge in [0.05, 0.1) is 6.61 Å². The molecule has 0 bridgehead atoms. The Morgan fingerprint density at radius 1 is 1.63 bits per heavy atom. The topological polar surface area (TPSA) is 110 Å². The Morgan fingerprint density at radius 2 is 2.42 bits per heavy atom. The molecule has 0 saturated carbocycles. The van der Waals surface area contributed by atoms with Crippen LogP contribution in [0.4, 0.5) is 5.82 Å². The standard InChI is InChI=1S/C11H18N6O2/c1-7-14-9(13-4-3-8(12)6-19-2)5-10-15-16-11(18)17(7)10/h5,8,13H,3-4,6,12H2,1-2H3,(H,16,18). The molecule has 0 saturated heterocycles. The van der Waals surface area contributed by atoms with Crippen molar-refractivity contribution in [2.45, 2.75) is 19.4 Å². The first kappa shape index (κ1) is 13.5. The van der Waals surface area contributed by atoms with Crippen LogP contribution in [0.1, 0.15) is 12.2 Å². The van der Waals surface area contributed by atoms with Crippen LogP contribution < -0.4 is 16.7 Å². The van der Waals surface area contributed by atoms with Gasteiger partial charge in [-0.05, 0) is 13.3 Å². The molecule has 104 valence electrons. The molecule has 0 aliphatic rings. The van der Waals surface area contributed by atoms with Crippen molar-refractivity contribution in [1.29, 1.82) is 0 Å². The lowest BCUT2D eigenvalue weighted by atomic mass is 10.2. The van der Waals surface area contributed by atoms with Crippen LogP contribution in [0.3, 0.4) is 0 Å². The smallest absolute Gasteiger partial charge is 0.349 e. The quantitative estimate of drug-likeness (QED) is 0.650. The number of anilines is 1. The number of hydrogen-bond acceptors (Lipinski definition) is 6. The molecule has 0 aromatic carbocycles. The summed E-state index contributed by atoms with van der Waals surface area (Å²) in [4.78, 5) is 15.7. The minimum absolute atomic E-state index is 0.00432. The van der Waals surface area contributed by atoms with Crippen molar-refractivity contribution in [3.05, 3.63) is 22.4 Å². The zero-order valence-corrected chi connectivity index (χ0v) is 11.0. The number of nitrogens with two attached hydrogens (primary N) is 1. The van der Waals surface area contributed by atoms with E-state index in [9.17, 15) is 4.79 Å². The second kappa shape index (κ2) is 5.81. The fourth-order valence-corrected chi connectivity index (χ4v) is 1.87. The monoisotopic (exact) mass is 266 g/mol. The van der Waals surface area contributed by atoms with E-state index in [1.54, 1.807) is 20.1 Å². The molecule has 2 aromatic heterocycles. The number of aryl methyl sites for hydroxylation is 1. The highest BCUT2D eigenvalue weighted by molar-refractivity contribution is 5.49. The normalized spacial score (nSPS) is 12.8. The summed E-state index contributed by atoms with van der Waals surface area (Å²) >= 11 is 0. The van der Waals surface area contributed by atoms with E-state index in [0.717, 1.165) is 6.42 Å². The average molecular weight is 266 g/mol. The zero-order valence-electron chi connectivity index (χ0n) is 11.0. The van der Waals surface area contributed by atoms with E-state index in [1.807, 2.05) is 0 Å². The number of nitrogens with one attached hydrogen (secondary N) is 2. The van der Waals surface area contributed by atoms with Crippen LogP contribution >= 0.6 is 0 Å². The Labute approximate surface area is 110 Å². The van der Waals surface area contributed by atoms with Gasteiger partial charge in [-0.1, -0.05) is 0 Å². The number of rotatable bonds is 6. The summed E-state index contributed by atoms with van der Waals surface area (Å²) in [6, 6.07) is 1.71. The molecule has 19 heavy (non-hydrogen) atoms. The maximum absolute atomic E-state index is 11.4. The first-order valence-corrected chi connectivity index (χ1v) is 6.05. The predicted octanol–water partition coefficient (Wildman–Crippen LogP) is -0.498. The number of fused-ring (bicyclic) bond motifs is 1. The van der Waals surface area contributed by atoms with E-state index in [4.69, 9.17) is 10.5 Å². The van der Waals surface area contributed by atoms with Gasteiger partial charge in [0, 0.05) is 25.8 Å². The Balaban J connectivity index is 2.03. The molecule has 2 rings (SSSR count). The number of aromatic nitrogens is 4. The molecular weight excluding hydrogens is 248 g/mol. The number of ether oxygens (including phenoxy) is 1. The lowest BCUT2D eigenvalue weighted by molar-refractivity contribution is 0.178. The molecule has 0 spiro atoms. The van der Waals surface area contributed by atoms with Crippen molar-refractivity contribution in [1.82, 2.24) is 19.6 Å². The Hall–Kier alpha value is -1.93. The van der Waals surface area contributed by atoms with Crippen molar-refractivity contribution in [3.8, 4) is 0 Å². The fraction of sp³-hybridized carbons (Fsp3) is 0.545. The third-order valence-electron chi connectivity index (χ3n) is 2.77. The molecule has 2 heterocycles. The first-order chi connectivity index (χ1) is 9.11.